The first-order valence-corrected chi connectivity index (χ1v) is 9.35. The summed E-state index contributed by atoms with van der Waals surface area (Å²) < 4.78 is 0. The number of hydrogen-bond acceptors (Lipinski definition) is 2. The van der Waals surface area contributed by atoms with Crippen LogP contribution in [0, 0.1) is 5.92 Å². The summed E-state index contributed by atoms with van der Waals surface area (Å²) in [5.74, 6) is 0.990. The Hall–Kier alpha value is -0.470. The SMILES string of the molecule is CCC1CCC(Sc2cccc(CNC(C)(C)C)c2)CC1. The van der Waals surface area contributed by atoms with Gasteiger partial charge in [-0.3, -0.25) is 0 Å². The van der Waals surface area contributed by atoms with Crippen molar-refractivity contribution >= 4 is 11.8 Å². The fourth-order valence-electron chi connectivity index (χ4n) is 2.95. The molecule has 118 valence electrons. The highest BCUT2D eigenvalue weighted by Gasteiger charge is 2.20. The van der Waals surface area contributed by atoms with Gasteiger partial charge in [0.2, 0.25) is 0 Å². The zero-order valence-electron chi connectivity index (χ0n) is 14.1. The van der Waals surface area contributed by atoms with Crippen LogP contribution in [0.25, 0.3) is 0 Å². The molecule has 1 aliphatic rings. The molecule has 0 radical (unpaired) electrons. The minimum Gasteiger partial charge on any atom is -0.308 e. The van der Waals surface area contributed by atoms with E-state index in [1.165, 1.54) is 42.6 Å². The van der Waals surface area contributed by atoms with Crippen molar-refractivity contribution in [3.8, 4) is 0 Å². The van der Waals surface area contributed by atoms with Gasteiger partial charge in [0.15, 0.2) is 0 Å². The quantitative estimate of drug-likeness (QED) is 0.756. The molecule has 1 aromatic rings. The third kappa shape index (κ3) is 6.04. The zero-order chi connectivity index (χ0) is 15.3. The first-order valence-electron chi connectivity index (χ1n) is 8.47. The third-order valence-corrected chi connectivity index (χ3v) is 5.73. The molecule has 0 unspecified atom stereocenters. The lowest BCUT2D eigenvalue weighted by molar-refractivity contribution is 0.356. The molecule has 2 heteroatoms. The topological polar surface area (TPSA) is 12.0 Å². The largest absolute Gasteiger partial charge is 0.308 e. The Balaban J connectivity index is 1.86. The van der Waals surface area contributed by atoms with Crippen molar-refractivity contribution in [3.63, 3.8) is 0 Å². The van der Waals surface area contributed by atoms with Crippen molar-refractivity contribution in [1.82, 2.24) is 5.32 Å². The van der Waals surface area contributed by atoms with Crippen LogP contribution in [0.4, 0.5) is 0 Å². The molecule has 1 nitrogen and oxygen atoms in total. The van der Waals surface area contributed by atoms with E-state index in [1.807, 2.05) is 0 Å². The summed E-state index contributed by atoms with van der Waals surface area (Å²) in [6, 6.07) is 9.09. The average molecular weight is 306 g/mol. The van der Waals surface area contributed by atoms with Crippen LogP contribution in [0.5, 0.6) is 0 Å². The number of nitrogens with one attached hydrogen (secondary N) is 1. The second-order valence-electron chi connectivity index (χ2n) is 7.42. The molecule has 0 aliphatic heterocycles. The Morgan fingerprint density at radius 2 is 1.86 bits per heavy atom. The van der Waals surface area contributed by atoms with E-state index in [0.717, 1.165) is 17.7 Å². The predicted octanol–water partition coefficient (Wildman–Crippen LogP) is 5.64. The summed E-state index contributed by atoms with van der Waals surface area (Å²) in [5, 5.41) is 4.41. The van der Waals surface area contributed by atoms with E-state index in [2.05, 4.69) is 69.0 Å². The van der Waals surface area contributed by atoms with Gasteiger partial charge >= 0.3 is 0 Å². The maximum absolute atomic E-state index is 3.57. The molecule has 1 aliphatic carbocycles. The number of benzene rings is 1. The minimum absolute atomic E-state index is 0.182. The first kappa shape index (κ1) is 16.9. The van der Waals surface area contributed by atoms with Crippen LogP contribution in [0.2, 0.25) is 0 Å². The van der Waals surface area contributed by atoms with Crippen LogP contribution >= 0.6 is 11.8 Å². The van der Waals surface area contributed by atoms with Gasteiger partial charge in [-0.05, 0) is 70.1 Å². The highest BCUT2D eigenvalue weighted by atomic mass is 32.2. The Morgan fingerprint density at radius 3 is 2.48 bits per heavy atom. The highest BCUT2D eigenvalue weighted by Crippen LogP contribution is 2.37. The normalized spacial score (nSPS) is 23.2. The van der Waals surface area contributed by atoms with Gasteiger partial charge in [0, 0.05) is 22.2 Å². The van der Waals surface area contributed by atoms with Crippen molar-refractivity contribution in [1.29, 1.82) is 0 Å². The van der Waals surface area contributed by atoms with Crippen molar-refractivity contribution in [2.75, 3.05) is 0 Å². The summed E-state index contributed by atoms with van der Waals surface area (Å²) in [6.45, 7) is 9.96. The highest BCUT2D eigenvalue weighted by molar-refractivity contribution is 8.00. The summed E-state index contributed by atoms with van der Waals surface area (Å²) in [5.41, 5.74) is 1.58. The third-order valence-electron chi connectivity index (χ3n) is 4.40. The summed E-state index contributed by atoms with van der Waals surface area (Å²) >= 11 is 2.10. The van der Waals surface area contributed by atoms with Crippen molar-refractivity contribution in [3.05, 3.63) is 29.8 Å². The van der Waals surface area contributed by atoms with Gasteiger partial charge in [0.05, 0.1) is 0 Å². The van der Waals surface area contributed by atoms with Gasteiger partial charge in [0.25, 0.3) is 0 Å². The minimum atomic E-state index is 0.182. The summed E-state index contributed by atoms with van der Waals surface area (Å²) in [6.07, 6.45) is 7.02. The Kier molecular flexibility index (Phi) is 6.19. The fourth-order valence-corrected chi connectivity index (χ4v) is 4.22. The van der Waals surface area contributed by atoms with Gasteiger partial charge in [-0.1, -0.05) is 25.5 Å². The lowest BCUT2D eigenvalue weighted by atomic mass is 9.87. The summed E-state index contributed by atoms with van der Waals surface area (Å²) in [4.78, 5) is 1.45. The van der Waals surface area contributed by atoms with Crippen molar-refractivity contribution in [2.45, 2.75) is 82.0 Å². The van der Waals surface area contributed by atoms with E-state index in [-0.39, 0.29) is 5.54 Å². The van der Waals surface area contributed by atoms with Gasteiger partial charge < -0.3 is 5.32 Å². The van der Waals surface area contributed by atoms with Crippen LogP contribution in [0.3, 0.4) is 0 Å². The first-order chi connectivity index (χ1) is 9.96. The van der Waals surface area contributed by atoms with E-state index in [9.17, 15) is 0 Å². The van der Waals surface area contributed by atoms with Crippen LogP contribution < -0.4 is 5.32 Å². The van der Waals surface area contributed by atoms with E-state index in [0.29, 0.717) is 0 Å². The van der Waals surface area contributed by atoms with Gasteiger partial charge in [-0.15, -0.1) is 11.8 Å². The van der Waals surface area contributed by atoms with Gasteiger partial charge in [-0.25, -0.2) is 0 Å². The van der Waals surface area contributed by atoms with Gasteiger partial charge in [-0.2, -0.15) is 0 Å². The Bertz CT molecular complexity index is 427. The van der Waals surface area contributed by atoms with Gasteiger partial charge in [0.1, 0.15) is 0 Å². The average Bonchev–Trinajstić information content (AvgIpc) is 2.46. The lowest BCUT2D eigenvalue weighted by Crippen LogP contribution is -2.35. The molecule has 2 rings (SSSR count). The lowest BCUT2D eigenvalue weighted by Gasteiger charge is -2.27. The molecule has 1 aromatic carbocycles. The zero-order valence-corrected chi connectivity index (χ0v) is 14.9. The number of hydrogen-bond donors (Lipinski definition) is 1. The molecule has 0 saturated heterocycles. The maximum atomic E-state index is 3.57. The molecular formula is C19H31NS. The monoisotopic (exact) mass is 305 g/mol. The van der Waals surface area contributed by atoms with E-state index in [4.69, 9.17) is 0 Å². The van der Waals surface area contributed by atoms with Crippen LogP contribution in [-0.2, 0) is 6.54 Å². The van der Waals surface area contributed by atoms with Crippen molar-refractivity contribution in [2.24, 2.45) is 5.92 Å². The maximum Gasteiger partial charge on any atom is 0.0210 e. The molecule has 0 amide bonds. The molecule has 0 bridgehead atoms. The molecule has 0 atom stereocenters. The molecule has 1 fully saturated rings. The molecule has 21 heavy (non-hydrogen) atoms. The smallest absolute Gasteiger partial charge is 0.0210 e. The number of rotatable bonds is 5. The molecule has 1 N–H and O–H groups in total. The van der Waals surface area contributed by atoms with E-state index < -0.39 is 0 Å². The standard InChI is InChI=1S/C19H31NS/c1-5-15-9-11-17(12-10-15)21-18-8-6-7-16(13-18)14-20-19(2,3)4/h6-8,13,15,17,20H,5,9-12,14H2,1-4H3. The van der Waals surface area contributed by atoms with Crippen LogP contribution in [0.1, 0.15) is 65.4 Å². The molecule has 0 spiro atoms. The molecule has 0 aromatic heterocycles. The second kappa shape index (κ2) is 7.69. The predicted molar refractivity (Wildman–Crippen MR) is 94.9 cm³/mol. The van der Waals surface area contributed by atoms with Crippen LogP contribution in [-0.4, -0.2) is 10.8 Å². The Labute approximate surface area is 135 Å². The molecule has 0 heterocycles. The Morgan fingerprint density at radius 1 is 1.14 bits per heavy atom. The molecule has 1 saturated carbocycles. The van der Waals surface area contributed by atoms with E-state index >= 15 is 0 Å². The van der Waals surface area contributed by atoms with Crippen molar-refractivity contribution < 1.29 is 0 Å². The van der Waals surface area contributed by atoms with Crippen LogP contribution in [0.15, 0.2) is 29.2 Å². The second-order valence-corrected chi connectivity index (χ2v) is 8.79. The molecular weight excluding hydrogens is 274 g/mol. The van der Waals surface area contributed by atoms with E-state index in [1.54, 1.807) is 0 Å². The fraction of sp³-hybridized carbons (Fsp3) is 0.684. The number of thioether (sulfide) groups is 1. The summed E-state index contributed by atoms with van der Waals surface area (Å²) in [7, 11) is 0.